The number of nitrogens with one attached hydrogen (secondary N) is 1. The molecule has 0 aromatic heterocycles. The second-order valence-corrected chi connectivity index (χ2v) is 4.67. The Morgan fingerprint density at radius 2 is 1.75 bits per heavy atom. The van der Waals surface area contributed by atoms with Crippen LogP contribution < -0.4 is 5.32 Å². The van der Waals surface area contributed by atoms with Crippen LogP contribution >= 0.6 is 0 Å². The molecule has 1 aromatic carbocycles. The molecule has 0 fully saturated rings. The molecular formula is C14H21NO. The van der Waals surface area contributed by atoms with E-state index in [0.29, 0.717) is 6.54 Å². The molecule has 0 aliphatic carbocycles. The molecule has 2 nitrogen and oxygen atoms in total. The number of hydrogen-bond donors (Lipinski definition) is 1. The lowest BCUT2D eigenvalue weighted by atomic mass is 9.82. The normalized spacial score (nSPS) is 11.2. The van der Waals surface area contributed by atoms with Gasteiger partial charge in [0.2, 0.25) is 0 Å². The summed E-state index contributed by atoms with van der Waals surface area (Å²) in [7, 11) is 0. The predicted molar refractivity (Wildman–Crippen MR) is 67.8 cm³/mol. The number of carbonyl (C=O) groups is 1. The van der Waals surface area contributed by atoms with Crippen LogP contribution in [0.4, 0.5) is 0 Å². The Balaban J connectivity index is 2.87. The van der Waals surface area contributed by atoms with Gasteiger partial charge in [0.1, 0.15) is 0 Å². The van der Waals surface area contributed by atoms with Gasteiger partial charge in [0.05, 0.1) is 0 Å². The van der Waals surface area contributed by atoms with Gasteiger partial charge in [-0.3, -0.25) is 4.79 Å². The third-order valence-corrected chi connectivity index (χ3v) is 3.15. The highest BCUT2D eigenvalue weighted by atomic mass is 16.1. The first kappa shape index (κ1) is 12.8. The smallest absolute Gasteiger partial charge is 0.251 e. The summed E-state index contributed by atoms with van der Waals surface area (Å²) in [6.07, 6.45) is 1.09. The maximum atomic E-state index is 11.6. The zero-order valence-corrected chi connectivity index (χ0v) is 10.6. The third kappa shape index (κ3) is 2.84. The first-order chi connectivity index (χ1) is 7.51. The SMILES string of the molecule is CCNC(=O)c1ccc(C(C)(C)CC)cc1. The predicted octanol–water partition coefficient (Wildman–Crippen LogP) is 3.12. The van der Waals surface area contributed by atoms with Crippen LogP contribution in [0.1, 0.15) is 50.0 Å². The zero-order chi connectivity index (χ0) is 12.2. The molecule has 0 aliphatic rings. The molecule has 0 saturated heterocycles. The van der Waals surface area contributed by atoms with Crippen LogP contribution in [0.3, 0.4) is 0 Å². The molecule has 0 atom stereocenters. The molecule has 0 unspecified atom stereocenters. The second-order valence-electron chi connectivity index (χ2n) is 4.67. The van der Waals surface area contributed by atoms with E-state index in [1.54, 1.807) is 0 Å². The van der Waals surface area contributed by atoms with E-state index in [1.807, 2.05) is 31.2 Å². The van der Waals surface area contributed by atoms with Crippen molar-refractivity contribution in [3.8, 4) is 0 Å². The first-order valence-corrected chi connectivity index (χ1v) is 5.90. The topological polar surface area (TPSA) is 29.1 Å². The highest BCUT2D eigenvalue weighted by molar-refractivity contribution is 5.94. The van der Waals surface area contributed by atoms with Crippen LogP contribution in [0.15, 0.2) is 24.3 Å². The molecule has 2 heteroatoms. The van der Waals surface area contributed by atoms with Crippen molar-refractivity contribution >= 4 is 5.91 Å². The maximum Gasteiger partial charge on any atom is 0.251 e. The largest absolute Gasteiger partial charge is 0.352 e. The molecule has 1 N–H and O–H groups in total. The van der Waals surface area contributed by atoms with Crippen molar-refractivity contribution in [3.63, 3.8) is 0 Å². The molecular weight excluding hydrogens is 198 g/mol. The Bertz CT molecular complexity index is 352. The summed E-state index contributed by atoms with van der Waals surface area (Å²) in [5.41, 5.74) is 2.19. The van der Waals surface area contributed by atoms with Crippen molar-refractivity contribution < 1.29 is 4.79 Å². The molecule has 16 heavy (non-hydrogen) atoms. The molecule has 88 valence electrons. The molecule has 0 aliphatic heterocycles. The van der Waals surface area contributed by atoms with Crippen LogP contribution in [-0.2, 0) is 5.41 Å². The van der Waals surface area contributed by atoms with Crippen LogP contribution in [0, 0.1) is 0 Å². The first-order valence-electron chi connectivity index (χ1n) is 5.90. The van der Waals surface area contributed by atoms with Crippen molar-refractivity contribution in [3.05, 3.63) is 35.4 Å². The molecule has 1 aromatic rings. The molecule has 1 amide bonds. The van der Waals surface area contributed by atoms with E-state index in [9.17, 15) is 4.79 Å². The van der Waals surface area contributed by atoms with Crippen LogP contribution in [0.5, 0.6) is 0 Å². The van der Waals surface area contributed by atoms with Gasteiger partial charge in [-0.1, -0.05) is 32.9 Å². The monoisotopic (exact) mass is 219 g/mol. The van der Waals surface area contributed by atoms with Crippen molar-refractivity contribution in [1.82, 2.24) is 5.32 Å². The van der Waals surface area contributed by atoms with E-state index < -0.39 is 0 Å². The molecule has 0 heterocycles. The fourth-order valence-electron chi connectivity index (χ4n) is 1.54. The molecule has 1 rings (SSSR count). The third-order valence-electron chi connectivity index (χ3n) is 3.15. The zero-order valence-electron chi connectivity index (χ0n) is 10.6. The summed E-state index contributed by atoms with van der Waals surface area (Å²) >= 11 is 0. The van der Waals surface area contributed by atoms with Crippen LogP contribution in [0.2, 0.25) is 0 Å². The van der Waals surface area contributed by atoms with Gasteiger partial charge < -0.3 is 5.32 Å². The summed E-state index contributed by atoms with van der Waals surface area (Å²) in [5.74, 6) is 0.00311. The van der Waals surface area contributed by atoms with E-state index in [2.05, 4.69) is 26.1 Å². The lowest BCUT2D eigenvalue weighted by Crippen LogP contribution is -2.23. The molecule has 0 spiro atoms. The van der Waals surface area contributed by atoms with Gasteiger partial charge in [-0.25, -0.2) is 0 Å². The summed E-state index contributed by atoms with van der Waals surface area (Å²) in [6.45, 7) is 9.20. The quantitative estimate of drug-likeness (QED) is 0.828. The fraction of sp³-hybridized carbons (Fsp3) is 0.500. The Kier molecular flexibility index (Phi) is 4.11. The molecule has 0 bridgehead atoms. The van der Waals surface area contributed by atoms with E-state index in [0.717, 1.165) is 12.0 Å². The lowest BCUT2D eigenvalue weighted by molar-refractivity contribution is 0.0956. The lowest BCUT2D eigenvalue weighted by Gasteiger charge is -2.23. The average Bonchev–Trinajstić information content (AvgIpc) is 2.29. The summed E-state index contributed by atoms with van der Waals surface area (Å²) in [5, 5.41) is 2.80. The van der Waals surface area contributed by atoms with Crippen molar-refractivity contribution in [2.24, 2.45) is 0 Å². The minimum atomic E-state index is 0.00311. The van der Waals surface area contributed by atoms with E-state index >= 15 is 0 Å². The Morgan fingerprint density at radius 1 is 1.19 bits per heavy atom. The number of benzene rings is 1. The summed E-state index contributed by atoms with van der Waals surface area (Å²) in [6, 6.07) is 7.90. The highest BCUT2D eigenvalue weighted by Gasteiger charge is 2.17. The second kappa shape index (κ2) is 5.15. The molecule has 0 saturated carbocycles. The van der Waals surface area contributed by atoms with Gasteiger partial charge in [0.25, 0.3) is 5.91 Å². The number of amides is 1. The number of hydrogen-bond acceptors (Lipinski definition) is 1. The average molecular weight is 219 g/mol. The minimum Gasteiger partial charge on any atom is -0.352 e. The van der Waals surface area contributed by atoms with E-state index in [4.69, 9.17) is 0 Å². The van der Waals surface area contributed by atoms with Crippen molar-refractivity contribution in [2.45, 2.75) is 39.5 Å². The number of rotatable bonds is 4. The van der Waals surface area contributed by atoms with Gasteiger partial charge in [-0.15, -0.1) is 0 Å². The highest BCUT2D eigenvalue weighted by Crippen LogP contribution is 2.26. The summed E-state index contributed by atoms with van der Waals surface area (Å²) in [4.78, 5) is 11.6. The van der Waals surface area contributed by atoms with Crippen LogP contribution in [-0.4, -0.2) is 12.5 Å². The standard InChI is InChI=1S/C14H21NO/c1-5-14(3,4)12-9-7-11(8-10-12)13(16)15-6-2/h7-10H,5-6H2,1-4H3,(H,15,16). The molecule has 0 radical (unpaired) electrons. The Hall–Kier alpha value is -1.31. The Morgan fingerprint density at radius 3 is 2.19 bits per heavy atom. The van der Waals surface area contributed by atoms with Gasteiger partial charge in [-0.05, 0) is 36.5 Å². The summed E-state index contributed by atoms with van der Waals surface area (Å²) < 4.78 is 0. The number of carbonyl (C=O) groups excluding carboxylic acids is 1. The minimum absolute atomic E-state index is 0.00311. The van der Waals surface area contributed by atoms with Crippen molar-refractivity contribution in [2.75, 3.05) is 6.54 Å². The van der Waals surface area contributed by atoms with Gasteiger partial charge in [0, 0.05) is 12.1 Å². The van der Waals surface area contributed by atoms with Crippen molar-refractivity contribution in [1.29, 1.82) is 0 Å². The van der Waals surface area contributed by atoms with Crippen LogP contribution in [0.25, 0.3) is 0 Å². The maximum absolute atomic E-state index is 11.6. The Labute approximate surface area is 98.1 Å². The van der Waals surface area contributed by atoms with Gasteiger partial charge >= 0.3 is 0 Å². The fourth-order valence-corrected chi connectivity index (χ4v) is 1.54. The van der Waals surface area contributed by atoms with Gasteiger partial charge in [0.15, 0.2) is 0 Å². The van der Waals surface area contributed by atoms with E-state index in [-0.39, 0.29) is 11.3 Å². The van der Waals surface area contributed by atoms with E-state index in [1.165, 1.54) is 5.56 Å². The van der Waals surface area contributed by atoms with Gasteiger partial charge in [-0.2, -0.15) is 0 Å².